The average Bonchev–Trinajstić information content (AvgIpc) is 2.54. The maximum absolute atomic E-state index is 12.3. The highest BCUT2D eigenvalue weighted by molar-refractivity contribution is 9.10. The number of carbonyl (C=O) groups excluding carboxylic acids is 1. The molecule has 0 bridgehead atoms. The summed E-state index contributed by atoms with van der Waals surface area (Å²) in [5, 5.41) is 0.666. The van der Waals surface area contributed by atoms with Gasteiger partial charge in [-0.1, -0.05) is 57.4 Å². The summed E-state index contributed by atoms with van der Waals surface area (Å²) in [7, 11) is 0. The van der Waals surface area contributed by atoms with E-state index in [1.807, 2.05) is 38.1 Å². The van der Waals surface area contributed by atoms with E-state index in [4.69, 9.17) is 16.3 Å². The Balaban J connectivity index is 1.98. The third kappa shape index (κ3) is 5.26. The first-order valence-electron chi connectivity index (χ1n) is 7.40. The molecule has 0 fully saturated rings. The number of hydrogen-bond donors (Lipinski definition) is 0. The second kappa shape index (κ2) is 8.37. The van der Waals surface area contributed by atoms with Crippen LogP contribution in [0.1, 0.15) is 23.6 Å². The van der Waals surface area contributed by atoms with Crippen LogP contribution in [-0.2, 0) is 17.9 Å². The fraction of sp³-hybridized carbons (Fsp3) is 0.278. The highest BCUT2D eigenvalue weighted by atomic mass is 79.9. The van der Waals surface area contributed by atoms with Crippen molar-refractivity contribution in [2.45, 2.75) is 27.0 Å². The topological polar surface area (TPSA) is 29.5 Å². The average molecular weight is 397 g/mol. The van der Waals surface area contributed by atoms with E-state index >= 15 is 0 Å². The minimum Gasteiger partial charge on any atom is -0.445 e. The maximum atomic E-state index is 12.3. The zero-order chi connectivity index (χ0) is 16.8. The molecule has 0 atom stereocenters. The first-order chi connectivity index (χ1) is 11.0. The van der Waals surface area contributed by atoms with Crippen LogP contribution in [0.2, 0.25) is 5.02 Å². The molecule has 5 heteroatoms. The van der Waals surface area contributed by atoms with Gasteiger partial charge in [-0.3, -0.25) is 0 Å². The predicted octanol–water partition coefficient (Wildman–Crippen LogP) is 5.57. The van der Waals surface area contributed by atoms with E-state index < -0.39 is 0 Å². The van der Waals surface area contributed by atoms with E-state index in [-0.39, 0.29) is 12.7 Å². The summed E-state index contributed by atoms with van der Waals surface area (Å²) < 4.78 is 6.38. The quantitative estimate of drug-likeness (QED) is 0.661. The molecule has 0 aliphatic heterocycles. The van der Waals surface area contributed by atoms with E-state index in [0.717, 1.165) is 21.2 Å². The minimum atomic E-state index is -0.323. The summed E-state index contributed by atoms with van der Waals surface area (Å²) in [6, 6.07) is 13.4. The highest BCUT2D eigenvalue weighted by Crippen LogP contribution is 2.20. The molecule has 3 nitrogen and oxygen atoms in total. The van der Waals surface area contributed by atoms with Crippen molar-refractivity contribution < 1.29 is 9.53 Å². The molecule has 0 aliphatic carbocycles. The van der Waals surface area contributed by atoms with Crippen LogP contribution < -0.4 is 0 Å². The SMILES string of the molecule is CCN(Cc1cc(C)ccc1Br)C(=O)OCc1ccc(Cl)cc1. The molecule has 122 valence electrons. The molecule has 0 saturated heterocycles. The fourth-order valence-electron chi connectivity index (χ4n) is 2.15. The molecule has 1 amide bonds. The lowest BCUT2D eigenvalue weighted by Gasteiger charge is -2.21. The summed E-state index contributed by atoms with van der Waals surface area (Å²) in [6.07, 6.45) is -0.323. The van der Waals surface area contributed by atoms with Gasteiger partial charge in [0.25, 0.3) is 0 Å². The van der Waals surface area contributed by atoms with Crippen LogP contribution in [0, 0.1) is 6.92 Å². The molecule has 0 spiro atoms. The zero-order valence-electron chi connectivity index (χ0n) is 13.2. The van der Waals surface area contributed by atoms with Gasteiger partial charge in [-0.05, 0) is 43.2 Å². The monoisotopic (exact) mass is 395 g/mol. The Morgan fingerprint density at radius 2 is 1.91 bits per heavy atom. The van der Waals surface area contributed by atoms with Gasteiger partial charge in [0.1, 0.15) is 6.61 Å². The van der Waals surface area contributed by atoms with Gasteiger partial charge in [-0.15, -0.1) is 0 Å². The van der Waals surface area contributed by atoms with E-state index in [1.54, 1.807) is 17.0 Å². The summed E-state index contributed by atoms with van der Waals surface area (Å²) >= 11 is 9.37. The number of amides is 1. The molecular weight excluding hydrogens is 378 g/mol. The number of aryl methyl sites for hydroxylation is 1. The summed E-state index contributed by atoms with van der Waals surface area (Å²) in [5.74, 6) is 0. The van der Waals surface area contributed by atoms with Crippen molar-refractivity contribution in [3.05, 3.63) is 68.7 Å². The van der Waals surface area contributed by atoms with Crippen molar-refractivity contribution in [2.75, 3.05) is 6.54 Å². The third-order valence-electron chi connectivity index (χ3n) is 3.48. The largest absolute Gasteiger partial charge is 0.445 e. The van der Waals surface area contributed by atoms with Crippen molar-refractivity contribution >= 4 is 33.6 Å². The smallest absolute Gasteiger partial charge is 0.410 e. The molecule has 2 aromatic carbocycles. The first-order valence-corrected chi connectivity index (χ1v) is 8.58. The normalized spacial score (nSPS) is 10.4. The van der Waals surface area contributed by atoms with E-state index in [9.17, 15) is 4.79 Å². The first kappa shape index (κ1) is 17.8. The van der Waals surface area contributed by atoms with Gasteiger partial charge in [-0.2, -0.15) is 0 Å². The van der Waals surface area contributed by atoms with Gasteiger partial charge in [0.2, 0.25) is 0 Å². The lowest BCUT2D eigenvalue weighted by atomic mass is 10.1. The van der Waals surface area contributed by atoms with Gasteiger partial charge in [0, 0.05) is 16.0 Å². The molecule has 0 N–H and O–H groups in total. The third-order valence-corrected chi connectivity index (χ3v) is 4.50. The summed E-state index contributed by atoms with van der Waals surface area (Å²) in [5.41, 5.74) is 3.14. The summed E-state index contributed by atoms with van der Waals surface area (Å²) in [6.45, 7) is 5.30. The Morgan fingerprint density at radius 1 is 1.22 bits per heavy atom. The molecule has 0 aromatic heterocycles. The number of halogens is 2. The lowest BCUT2D eigenvalue weighted by Crippen LogP contribution is -2.31. The van der Waals surface area contributed by atoms with Crippen molar-refractivity contribution in [3.8, 4) is 0 Å². The number of carbonyl (C=O) groups is 1. The predicted molar refractivity (Wildman–Crippen MR) is 96.6 cm³/mol. The van der Waals surface area contributed by atoms with Gasteiger partial charge in [0.15, 0.2) is 0 Å². The molecule has 0 unspecified atom stereocenters. The van der Waals surface area contributed by atoms with Crippen LogP contribution in [0.3, 0.4) is 0 Å². The molecule has 0 heterocycles. The Labute approximate surface area is 150 Å². The van der Waals surface area contributed by atoms with Gasteiger partial charge < -0.3 is 9.64 Å². The molecule has 0 aliphatic rings. The number of benzene rings is 2. The van der Waals surface area contributed by atoms with Crippen molar-refractivity contribution in [2.24, 2.45) is 0 Å². The van der Waals surface area contributed by atoms with E-state index in [1.165, 1.54) is 0 Å². The van der Waals surface area contributed by atoms with E-state index in [0.29, 0.717) is 18.1 Å². The van der Waals surface area contributed by atoms with Gasteiger partial charge >= 0.3 is 6.09 Å². The Kier molecular flexibility index (Phi) is 6.48. The minimum absolute atomic E-state index is 0.238. The maximum Gasteiger partial charge on any atom is 0.410 e. The second-order valence-electron chi connectivity index (χ2n) is 5.29. The van der Waals surface area contributed by atoms with Crippen molar-refractivity contribution in [3.63, 3.8) is 0 Å². The van der Waals surface area contributed by atoms with Crippen LogP contribution in [-0.4, -0.2) is 17.5 Å². The summed E-state index contributed by atoms with van der Waals surface area (Å²) in [4.78, 5) is 14.0. The molecule has 0 radical (unpaired) electrons. The molecule has 2 rings (SSSR count). The Hall–Kier alpha value is -1.52. The number of ether oxygens (including phenoxy) is 1. The number of rotatable bonds is 5. The van der Waals surface area contributed by atoms with E-state index in [2.05, 4.69) is 22.0 Å². The lowest BCUT2D eigenvalue weighted by molar-refractivity contribution is 0.0956. The molecule has 0 saturated carbocycles. The number of nitrogens with zero attached hydrogens (tertiary/aromatic N) is 1. The second-order valence-corrected chi connectivity index (χ2v) is 6.58. The molecular formula is C18H19BrClNO2. The Morgan fingerprint density at radius 3 is 2.57 bits per heavy atom. The van der Waals surface area contributed by atoms with Crippen LogP contribution >= 0.6 is 27.5 Å². The molecule has 23 heavy (non-hydrogen) atoms. The number of hydrogen-bond acceptors (Lipinski definition) is 2. The molecule has 2 aromatic rings. The van der Waals surface area contributed by atoms with Gasteiger partial charge in [-0.25, -0.2) is 4.79 Å². The van der Waals surface area contributed by atoms with Crippen LogP contribution in [0.5, 0.6) is 0 Å². The standard InChI is InChI=1S/C18H19BrClNO2/c1-3-21(11-15-10-13(2)4-9-17(15)19)18(22)23-12-14-5-7-16(20)8-6-14/h4-10H,3,11-12H2,1-2H3. The highest BCUT2D eigenvalue weighted by Gasteiger charge is 2.15. The Bertz CT molecular complexity index is 673. The van der Waals surface area contributed by atoms with Crippen molar-refractivity contribution in [1.29, 1.82) is 0 Å². The van der Waals surface area contributed by atoms with Crippen LogP contribution in [0.4, 0.5) is 4.79 Å². The van der Waals surface area contributed by atoms with Gasteiger partial charge in [0.05, 0.1) is 6.54 Å². The van der Waals surface area contributed by atoms with Crippen LogP contribution in [0.15, 0.2) is 46.9 Å². The zero-order valence-corrected chi connectivity index (χ0v) is 15.5. The fourth-order valence-corrected chi connectivity index (χ4v) is 2.65. The van der Waals surface area contributed by atoms with Crippen LogP contribution in [0.25, 0.3) is 0 Å². The van der Waals surface area contributed by atoms with Crippen molar-refractivity contribution in [1.82, 2.24) is 4.90 Å².